The van der Waals surface area contributed by atoms with Crippen LogP contribution < -0.4 is 5.32 Å². The Hall–Kier alpha value is -1.84. The molecule has 1 aromatic carbocycles. The number of aryl methyl sites for hydroxylation is 1. The third-order valence-electron chi connectivity index (χ3n) is 4.62. The number of carboxylic acids is 1. The maximum atomic E-state index is 12.3. The summed E-state index contributed by atoms with van der Waals surface area (Å²) in [5, 5.41) is 12.1. The highest BCUT2D eigenvalue weighted by Gasteiger charge is 2.30. The van der Waals surface area contributed by atoms with E-state index in [1.54, 1.807) is 0 Å². The highest BCUT2D eigenvalue weighted by Crippen LogP contribution is 2.29. The van der Waals surface area contributed by atoms with E-state index in [-0.39, 0.29) is 23.7 Å². The summed E-state index contributed by atoms with van der Waals surface area (Å²) in [4.78, 5) is 23.3. The second-order valence-corrected chi connectivity index (χ2v) is 6.46. The Morgan fingerprint density at radius 3 is 2.50 bits per heavy atom. The second-order valence-electron chi connectivity index (χ2n) is 6.46. The van der Waals surface area contributed by atoms with Crippen LogP contribution in [0.5, 0.6) is 0 Å². The van der Waals surface area contributed by atoms with Gasteiger partial charge in [-0.05, 0) is 37.7 Å². The van der Waals surface area contributed by atoms with Crippen LogP contribution in [0.25, 0.3) is 0 Å². The van der Waals surface area contributed by atoms with Crippen molar-refractivity contribution in [1.82, 2.24) is 5.32 Å². The Balaban J connectivity index is 1.84. The molecule has 0 saturated heterocycles. The smallest absolute Gasteiger partial charge is 0.306 e. The van der Waals surface area contributed by atoms with Crippen molar-refractivity contribution in [2.45, 2.75) is 45.4 Å². The van der Waals surface area contributed by atoms with Crippen molar-refractivity contribution in [3.63, 3.8) is 0 Å². The number of carbonyl (C=O) groups excluding carboxylic acids is 1. The minimum atomic E-state index is -0.773. The maximum Gasteiger partial charge on any atom is 0.306 e. The molecule has 1 amide bonds. The van der Waals surface area contributed by atoms with E-state index in [1.165, 1.54) is 11.1 Å². The van der Waals surface area contributed by atoms with Gasteiger partial charge in [0.25, 0.3) is 0 Å². The van der Waals surface area contributed by atoms with Gasteiger partial charge in [-0.15, -0.1) is 0 Å². The van der Waals surface area contributed by atoms with E-state index in [0.29, 0.717) is 19.4 Å². The molecule has 1 fully saturated rings. The van der Waals surface area contributed by atoms with Crippen molar-refractivity contribution < 1.29 is 14.7 Å². The molecule has 22 heavy (non-hydrogen) atoms. The van der Waals surface area contributed by atoms with Gasteiger partial charge in [0.2, 0.25) is 5.91 Å². The van der Waals surface area contributed by atoms with Gasteiger partial charge in [-0.25, -0.2) is 0 Å². The summed E-state index contributed by atoms with van der Waals surface area (Å²) in [7, 11) is 0. The van der Waals surface area contributed by atoms with E-state index >= 15 is 0 Å². The molecular formula is C18H25NO3. The number of hydrogen-bond acceptors (Lipinski definition) is 2. The van der Waals surface area contributed by atoms with Crippen molar-refractivity contribution in [2.75, 3.05) is 6.54 Å². The van der Waals surface area contributed by atoms with Crippen LogP contribution in [0.2, 0.25) is 0 Å². The molecule has 4 heteroatoms. The maximum absolute atomic E-state index is 12.3. The summed E-state index contributed by atoms with van der Waals surface area (Å²) >= 11 is 0. The zero-order chi connectivity index (χ0) is 16.1. The average Bonchev–Trinajstić information content (AvgIpc) is 2.53. The molecule has 0 heterocycles. The average molecular weight is 303 g/mol. The van der Waals surface area contributed by atoms with Gasteiger partial charge in [0.1, 0.15) is 0 Å². The van der Waals surface area contributed by atoms with E-state index in [9.17, 15) is 9.59 Å². The van der Waals surface area contributed by atoms with Crippen LogP contribution >= 0.6 is 0 Å². The summed E-state index contributed by atoms with van der Waals surface area (Å²) in [6.07, 6.45) is 2.79. The highest BCUT2D eigenvalue weighted by molar-refractivity contribution is 5.80. The van der Waals surface area contributed by atoms with Gasteiger partial charge in [0.15, 0.2) is 0 Å². The lowest BCUT2D eigenvalue weighted by molar-refractivity contribution is -0.144. The predicted molar refractivity (Wildman–Crippen MR) is 85.7 cm³/mol. The van der Waals surface area contributed by atoms with Crippen molar-refractivity contribution >= 4 is 11.9 Å². The van der Waals surface area contributed by atoms with Crippen molar-refractivity contribution in [3.8, 4) is 0 Å². The van der Waals surface area contributed by atoms with Crippen LogP contribution in [0, 0.1) is 18.8 Å². The zero-order valence-electron chi connectivity index (χ0n) is 13.3. The number of carboxylic acid groups (broad SMARTS) is 1. The molecule has 0 spiro atoms. The van der Waals surface area contributed by atoms with Gasteiger partial charge in [-0.3, -0.25) is 9.59 Å². The Morgan fingerprint density at radius 2 is 1.86 bits per heavy atom. The van der Waals surface area contributed by atoms with Crippen LogP contribution in [0.15, 0.2) is 24.3 Å². The minimum absolute atomic E-state index is 0.00455. The fourth-order valence-corrected chi connectivity index (χ4v) is 3.06. The lowest BCUT2D eigenvalue weighted by Gasteiger charge is -2.26. The molecule has 0 radical (unpaired) electrons. The van der Waals surface area contributed by atoms with Gasteiger partial charge in [0, 0.05) is 12.5 Å². The minimum Gasteiger partial charge on any atom is -0.481 e. The topological polar surface area (TPSA) is 66.4 Å². The molecule has 1 aromatic rings. The number of amides is 1. The second kappa shape index (κ2) is 7.43. The number of carbonyl (C=O) groups is 2. The third-order valence-corrected chi connectivity index (χ3v) is 4.62. The summed E-state index contributed by atoms with van der Waals surface area (Å²) in [6, 6.07) is 8.33. The van der Waals surface area contributed by atoms with Gasteiger partial charge in [-0.1, -0.05) is 43.2 Å². The molecule has 0 bridgehead atoms. The summed E-state index contributed by atoms with van der Waals surface area (Å²) in [6.45, 7) is 4.74. The van der Waals surface area contributed by atoms with Gasteiger partial charge in [-0.2, -0.15) is 0 Å². The fraction of sp³-hybridized carbons (Fsp3) is 0.556. The van der Waals surface area contributed by atoms with Crippen LogP contribution in [0.1, 0.15) is 49.7 Å². The Labute approximate surface area is 131 Å². The first-order valence-corrected chi connectivity index (χ1v) is 8.04. The molecule has 2 N–H and O–H groups in total. The Morgan fingerprint density at radius 1 is 1.23 bits per heavy atom. The first-order chi connectivity index (χ1) is 10.5. The molecule has 0 aromatic heterocycles. The monoisotopic (exact) mass is 303 g/mol. The van der Waals surface area contributed by atoms with Crippen molar-refractivity contribution in [1.29, 1.82) is 0 Å². The van der Waals surface area contributed by atoms with E-state index in [0.717, 1.165) is 12.8 Å². The molecule has 3 unspecified atom stereocenters. The van der Waals surface area contributed by atoms with Crippen molar-refractivity contribution in [3.05, 3.63) is 35.4 Å². The summed E-state index contributed by atoms with van der Waals surface area (Å²) in [5.74, 6) is -1.03. The first-order valence-electron chi connectivity index (χ1n) is 8.04. The highest BCUT2D eigenvalue weighted by atomic mass is 16.4. The van der Waals surface area contributed by atoms with E-state index < -0.39 is 5.97 Å². The number of nitrogens with one attached hydrogen (secondary N) is 1. The predicted octanol–water partition coefficient (Wildman–Crippen LogP) is 3.11. The quantitative estimate of drug-likeness (QED) is 0.878. The largest absolute Gasteiger partial charge is 0.481 e. The van der Waals surface area contributed by atoms with Gasteiger partial charge in [0.05, 0.1) is 5.92 Å². The fourth-order valence-electron chi connectivity index (χ4n) is 3.06. The summed E-state index contributed by atoms with van der Waals surface area (Å²) in [5.41, 5.74) is 2.43. The third kappa shape index (κ3) is 4.33. The molecule has 4 nitrogen and oxygen atoms in total. The van der Waals surface area contributed by atoms with Crippen LogP contribution in [0.4, 0.5) is 0 Å². The molecule has 2 rings (SSSR count). The van der Waals surface area contributed by atoms with Crippen molar-refractivity contribution in [2.24, 2.45) is 11.8 Å². The van der Waals surface area contributed by atoms with Crippen LogP contribution in [-0.4, -0.2) is 23.5 Å². The molecule has 3 atom stereocenters. The van der Waals surface area contributed by atoms with E-state index in [4.69, 9.17) is 5.11 Å². The number of rotatable bonds is 5. The van der Waals surface area contributed by atoms with Crippen LogP contribution in [-0.2, 0) is 9.59 Å². The van der Waals surface area contributed by atoms with Gasteiger partial charge >= 0.3 is 5.97 Å². The number of benzene rings is 1. The van der Waals surface area contributed by atoms with E-state index in [2.05, 4.69) is 43.4 Å². The standard InChI is InChI=1S/C18H25NO3/c1-12-6-8-14(9-7-12)13(2)11-19-17(20)15-4-3-5-16(10-15)18(21)22/h6-9,13,15-16H,3-5,10-11H2,1-2H3,(H,19,20)(H,21,22). The SMILES string of the molecule is Cc1ccc(C(C)CNC(=O)C2CCCC(C(=O)O)C2)cc1. The molecule has 1 aliphatic carbocycles. The molecule has 1 saturated carbocycles. The Bertz CT molecular complexity index is 524. The van der Waals surface area contributed by atoms with Gasteiger partial charge < -0.3 is 10.4 Å². The zero-order valence-corrected chi connectivity index (χ0v) is 13.3. The summed E-state index contributed by atoms with van der Waals surface area (Å²) < 4.78 is 0. The lowest BCUT2D eigenvalue weighted by Crippen LogP contribution is -2.37. The normalized spacial score (nSPS) is 22.8. The molecule has 1 aliphatic rings. The van der Waals surface area contributed by atoms with E-state index in [1.807, 2.05) is 0 Å². The molecule has 120 valence electrons. The number of hydrogen-bond donors (Lipinski definition) is 2. The number of aliphatic carboxylic acids is 1. The molecular weight excluding hydrogens is 278 g/mol. The van der Waals surface area contributed by atoms with Crippen LogP contribution in [0.3, 0.4) is 0 Å². The first kappa shape index (κ1) is 16.5. The molecule has 0 aliphatic heterocycles. The lowest BCUT2D eigenvalue weighted by atomic mass is 9.81. The Kier molecular flexibility index (Phi) is 5.58.